The summed E-state index contributed by atoms with van der Waals surface area (Å²) >= 11 is 0. The number of benzene rings is 1. The molecule has 0 bridgehead atoms. The average Bonchev–Trinajstić information content (AvgIpc) is 3.17. The summed E-state index contributed by atoms with van der Waals surface area (Å²) in [6, 6.07) is 8.46. The summed E-state index contributed by atoms with van der Waals surface area (Å²) in [6.07, 6.45) is 4.57. The van der Waals surface area contributed by atoms with Gasteiger partial charge in [0.05, 0.1) is 0 Å². The van der Waals surface area contributed by atoms with Gasteiger partial charge in [0, 0.05) is 37.7 Å². The number of aromatic nitrogens is 2. The third-order valence-corrected chi connectivity index (χ3v) is 4.46. The van der Waals surface area contributed by atoms with Crippen LogP contribution < -0.4 is 10.2 Å². The third-order valence-electron chi connectivity index (χ3n) is 4.46. The molecule has 2 aliphatic heterocycles. The highest BCUT2D eigenvalue weighted by Gasteiger charge is 2.25. The van der Waals surface area contributed by atoms with Crippen molar-refractivity contribution in [2.45, 2.75) is 31.6 Å². The fraction of sp³-hybridized carbons (Fsp3) is 0.500. The number of hydrogen-bond acceptors (Lipinski definition) is 5. The number of nitrogens with one attached hydrogen (secondary N) is 1. The van der Waals surface area contributed by atoms with Crippen LogP contribution in [0.4, 0.5) is 11.6 Å². The minimum absolute atomic E-state index is 0.427. The maximum atomic E-state index is 5.46. The Hall–Kier alpha value is -2.04. The normalized spacial score (nSPS) is 21.1. The topological polar surface area (TPSA) is 54.2 Å². The molecule has 21 heavy (non-hydrogen) atoms. The van der Waals surface area contributed by atoms with Gasteiger partial charge in [-0.1, -0.05) is 18.2 Å². The van der Waals surface area contributed by atoms with E-state index >= 15 is 0 Å². The molecule has 0 radical (unpaired) electrons. The number of rotatable bonds is 3. The molecule has 0 aliphatic carbocycles. The highest BCUT2D eigenvalue weighted by molar-refractivity contribution is 5.57. The molecule has 4 rings (SSSR count). The zero-order valence-electron chi connectivity index (χ0n) is 12.1. The van der Waals surface area contributed by atoms with Crippen molar-refractivity contribution in [3.8, 4) is 0 Å². The average molecular weight is 284 g/mol. The fourth-order valence-electron chi connectivity index (χ4n) is 3.30. The number of nitrogens with zero attached hydrogens (tertiary/aromatic N) is 3. The first-order chi connectivity index (χ1) is 10.4. The van der Waals surface area contributed by atoms with Crippen molar-refractivity contribution in [3.05, 3.63) is 35.7 Å². The second kappa shape index (κ2) is 5.39. The number of piperidine rings is 1. The number of para-hydroxylation sites is 1. The Morgan fingerprint density at radius 1 is 1.19 bits per heavy atom. The molecule has 0 saturated carbocycles. The number of hydrogen-bond donors (Lipinski definition) is 1. The molecule has 0 amide bonds. The van der Waals surface area contributed by atoms with Crippen LogP contribution in [0.15, 0.2) is 28.8 Å². The number of fused-ring (bicyclic) bond motifs is 1. The molecule has 5 heteroatoms. The van der Waals surface area contributed by atoms with E-state index < -0.39 is 0 Å². The van der Waals surface area contributed by atoms with E-state index in [-0.39, 0.29) is 0 Å². The van der Waals surface area contributed by atoms with Gasteiger partial charge in [-0.2, -0.15) is 4.98 Å². The molecule has 1 atom stereocenters. The van der Waals surface area contributed by atoms with Gasteiger partial charge >= 0.3 is 0 Å². The zero-order chi connectivity index (χ0) is 14.1. The first-order valence-corrected chi connectivity index (χ1v) is 7.80. The second-order valence-electron chi connectivity index (χ2n) is 5.91. The summed E-state index contributed by atoms with van der Waals surface area (Å²) in [5.41, 5.74) is 2.59. The highest BCUT2D eigenvalue weighted by atomic mass is 16.5. The van der Waals surface area contributed by atoms with Crippen LogP contribution in [-0.2, 0) is 6.42 Å². The molecule has 2 aliphatic rings. The molecule has 3 heterocycles. The van der Waals surface area contributed by atoms with Gasteiger partial charge in [-0.15, -0.1) is 0 Å². The van der Waals surface area contributed by atoms with Crippen LogP contribution in [0, 0.1) is 0 Å². The van der Waals surface area contributed by atoms with Crippen molar-refractivity contribution < 1.29 is 4.52 Å². The lowest BCUT2D eigenvalue weighted by molar-refractivity contribution is 0.369. The van der Waals surface area contributed by atoms with Crippen LogP contribution in [0.3, 0.4) is 0 Å². The minimum Gasteiger partial charge on any atom is -0.384 e. The first-order valence-electron chi connectivity index (χ1n) is 7.80. The van der Waals surface area contributed by atoms with Gasteiger partial charge < -0.3 is 14.7 Å². The van der Waals surface area contributed by atoms with Crippen molar-refractivity contribution in [2.75, 3.05) is 29.9 Å². The molecule has 1 aromatic heterocycles. The van der Waals surface area contributed by atoms with E-state index in [0.29, 0.717) is 5.92 Å². The Bertz CT molecular complexity index is 618. The standard InChI is InChI=1S/C16H20N4O/c1-4-8-20(9-5-1)16-18-15(21-19-16)10-12-11-17-14-7-3-2-6-13(12)14/h2-3,6-7,12,17H,1,4-5,8-11H2. The summed E-state index contributed by atoms with van der Waals surface area (Å²) in [5.74, 6) is 1.94. The van der Waals surface area contributed by atoms with Crippen molar-refractivity contribution >= 4 is 11.6 Å². The molecular formula is C16H20N4O. The minimum atomic E-state index is 0.427. The lowest BCUT2D eigenvalue weighted by atomic mass is 9.98. The molecule has 2 aromatic rings. The van der Waals surface area contributed by atoms with Crippen LogP contribution in [0.2, 0.25) is 0 Å². The molecule has 1 N–H and O–H groups in total. The summed E-state index contributed by atoms with van der Waals surface area (Å²) < 4.78 is 5.46. The van der Waals surface area contributed by atoms with Crippen LogP contribution >= 0.6 is 0 Å². The van der Waals surface area contributed by atoms with Gasteiger partial charge in [-0.3, -0.25) is 0 Å². The third kappa shape index (κ3) is 2.48. The van der Waals surface area contributed by atoms with Gasteiger partial charge in [0.25, 0.3) is 5.95 Å². The number of anilines is 2. The summed E-state index contributed by atoms with van der Waals surface area (Å²) in [7, 11) is 0. The largest absolute Gasteiger partial charge is 0.384 e. The molecule has 1 saturated heterocycles. The zero-order valence-corrected chi connectivity index (χ0v) is 12.1. The summed E-state index contributed by atoms with van der Waals surface area (Å²) in [4.78, 5) is 6.82. The lowest BCUT2D eigenvalue weighted by Gasteiger charge is -2.24. The van der Waals surface area contributed by atoms with Crippen LogP contribution in [0.5, 0.6) is 0 Å². The summed E-state index contributed by atoms with van der Waals surface area (Å²) in [6.45, 7) is 3.04. The van der Waals surface area contributed by atoms with E-state index in [2.05, 4.69) is 44.6 Å². The maximum absolute atomic E-state index is 5.46. The Balaban J connectivity index is 1.47. The molecule has 1 aromatic carbocycles. The van der Waals surface area contributed by atoms with Gasteiger partial charge in [0.15, 0.2) is 0 Å². The Morgan fingerprint density at radius 2 is 2.05 bits per heavy atom. The van der Waals surface area contributed by atoms with Gasteiger partial charge in [-0.05, 0) is 36.0 Å². The van der Waals surface area contributed by atoms with E-state index in [0.717, 1.165) is 37.9 Å². The first kappa shape index (κ1) is 12.7. The maximum Gasteiger partial charge on any atom is 0.266 e. The SMILES string of the molecule is c1ccc2c(c1)NCC2Cc1nc(N2CCCCC2)no1. The van der Waals surface area contributed by atoms with E-state index in [1.54, 1.807) is 0 Å². The van der Waals surface area contributed by atoms with E-state index in [9.17, 15) is 0 Å². The van der Waals surface area contributed by atoms with E-state index in [4.69, 9.17) is 4.52 Å². The molecule has 110 valence electrons. The van der Waals surface area contributed by atoms with Crippen molar-refractivity contribution in [2.24, 2.45) is 0 Å². The van der Waals surface area contributed by atoms with E-state index in [1.807, 2.05) is 0 Å². The van der Waals surface area contributed by atoms with E-state index in [1.165, 1.54) is 30.5 Å². The molecule has 0 spiro atoms. The van der Waals surface area contributed by atoms with Crippen molar-refractivity contribution in [3.63, 3.8) is 0 Å². The quantitative estimate of drug-likeness (QED) is 0.939. The monoisotopic (exact) mass is 284 g/mol. The predicted octanol–water partition coefficient (Wildman–Crippen LogP) is 2.81. The molecule has 1 unspecified atom stereocenters. The smallest absolute Gasteiger partial charge is 0.266 e. The Labute approximate surface area is 124 Å². The Morgan fingerprint density at radius 3 is 2.95 bits per heavy atom. The van der Waals surface area contributed by atoms with Crippen molar-refractivity contribution in [1.82, 2.24) is 10.1 Å². The predicted molar refractivity (Wildman–Crippen MR) is 81.7 cm³/mol. The molecule has 1 fully saturated rings. The van der Waals surface area contributed by atoms with Gasteiger partial charge in [-0.25, -0.2) is 0 Å². The van der Waals surface area contributed by atoms with Crippen LogP contribution in [0.1, 0.15) is 36.6 Å². The van der Waals surface area contributed by atoms with Crippen molar-refractivity contribution in [1.29, 1.82) is 0 Å². The highest BCUT2D eigenvalue weighted by Crippen LogP contribution is 2.33. The molecular weight excluding hydrogens is 264 g/mol. The lowest BCUT2D eigenvalue weighted by Crippen LogP contribution is -2.30. The van der Waals surface area contributed by atoms with Crippen LogP contribution in [0.25, 0.3) is 0 Å². The van der Waals surface area contributed by atoms with Gasteiger partial charge in [0.2, 0.25) is 5.89 Å². The van der Waals surface area contributed by atoms with Gasteiger partial charge in [0.1, 0.15) is 0 Å². The summed E-state index contributed by atoms with van der Waals surface area (Å²) in [5, 5.41) is 7.60. The Kier molecular flexibility index (Phi) is 3.25. The molecule has 5 nitrogen and oxygen atoms in total. The second-order valence-corrected chi connectivity index (χ2v) is 5.91. The van der Waals surface area contributed by atoms with Crippen LogP contribution in [-0.4, -0.2) is 29.8 Å². The fourth-order valence-corrected chi connectivity index (χ4v) is 3.30.